The highest BCUT2D eigenvalue weighted by molar-refractivity contribution is 9.10. The maximum atomic E-state index is 13.6. The average Bonchev–Trinajstić information content (AvgIpc) is 2.41. The predicted octanol–water partition coefficient (Wildman–Crippen LogP) is 3.29. The lowest BCUT2D eigenvalue weighted by Crippen LogP contribution is -2.32. The quantitative estimate of drug-likeness (QED) is 0.847. The Labute approximate surface area is 140 Å². The molecule has 0 bridgehead atoms. The number of amides is 1. The number of halogens is 3. The van der Waals surface area contributed by atoms with Crippen molar-refractivity contribution in [2.24, 2.45) is 0 Å². The molecule has 0 radical (unpaired) electrons. The van der Waals surface area contributed by atoms with Crippen LogP contribution in [0.15, 0.2) is 51.8 Å². The molecule has 0 aliphatic carbocycles. The molecule has 22 heavy (non-hydrogen) atoms. The molecule has 0 heterocycles. The summed E-state index contributed by atoms with van der Waals surface area (Å²) in [5.74, 6) is -1.43. The lowest BCUT2D eigenvalue weighted by Gasteiger charge is -2.08. The first-order valence-electron chi connectivity index (χ1n) is 6.03. The van der Waals surface area contributed by atoms with Gasteiger partial charge >= 0.3 is 0 Å². The van der Waals surface area contributed by atoms with E-state index in [1.165, 1.54) is 36.4 Å². The summed E-state index contributed by atoms with van der Waals surface area (Å²) < 4.78 is 40.1. The third-order valence-electron chi connectivity index (χ3n) is 2.72. The van der Waals surface area contributed by atoms with Gasteiger partial charge < -0.3 is 0 Å². The van der Waals surface area contributed by atoms with Crippen LogP contribution in [0.3, 0.4) is 0 Å². The summed E-state index contributed by atoms with van der Waals surface area (Å²) in [6.07, 6.45) is -0.390. The molecule has 0 unspecified atom stereocenters. The molecule has 1 amide bonds. The standard InChI is InChI=1S/C14H10BrClFNO3S/c15-10-5-4-9(13(17)7-10)6-14(19)18-22(20,21)12-3-1-2-11(16)8-12/h1-5,7-8H,6H2,(H,18,19). The first-order valence-corrected chi connectivity index (χ1v) is 8.68. The van der Waals surface area contributed by atoms with Gasteiger partial charge in [0, 0.05) is 9.50 Å². The van der Waals surface area contributed by atoms with Gasteiger partial charge in [-0.3, -0.25) is 4.79 Å². The molecule has 8 heteroatoms. The lowest BCUT2D eigenvalue weighted by atomic mass is 10.1. The molecule has 0 aromatic heterocycles. The average molecular weight is 407 g/mol. The van der Waals surface area contributed by atoms with Crippen molar-refractivity contribution in [3.63, 3.8) is 0 Å². The van der Waals surface area contributed by atoms with Crippen LogP contribution in [0.5, 0.6) is 0 Å². The molecule has 116 valence electrons. The van der Waals surface area contributed by atoms with Gasteiger partial charge in [-0.1, -0.05) is 39.7 Å². The van der Waals surface area contributed by atoms with Crippen LogP contribution < -0.4 is 4.72 Å². The Morgan fingerprint density at radius 3 is 2.59 bits per heavy atom. The van der Waals surface area contributed by atoms with E-state index in [9.17, 15) is 17.6 Å². The molecule has 4 nitrogen and oxygen atoms in total. The number of rotatable bonds is 4. The monoisotopic (exact) mass is 405 g/mol. The molecule has 0 atom stereocenters. The predicted molar refractivity (Wildman–Crippen MR) is 84.6 cm³/mol. The van der Waals surface area contributed by atoms with Gasteiger partial charge in [-0.05, 0) is 35.9 Å². The maximum Gasteiger partial charge on any atom is 0.264 e. The number of carbonyl (C=O) groups excluding carboxylic acids is 1. The van der Waals surface area contributed by atoms with Crippen LogP contribution in [0.1, 0.15) is 5.56 Å². The largest absolute Gasteiger partial charge is 0.274 e. The fourth-order valence-corrected chi connectivity index (χ4v) is 3.33. The van der Waals surface area contributed by atoms with E-state index in [2.05, 4.69) is 15.9 Å². The van der Waals surface area contributed by atoms with E-state index in [0.717, 1.165) is 0 Å². The number of carbonyl (C=O) groups is 1. The number of hydrogen-bond acceptors (Lipinski definition) is 3. The van der Waals surface area contributed by atoms with Crippen LogP contribution in [-0.2, 0) is 21.2 Å². The lowest BCUT2D eigenvalue weighted by molar-refractivity contribution is -0.118. The Bertz CT molecular complexity index is 827. The summed E-state index contributed by atoms with van der Waals surface area (Å²) in [6.45, 7) is 0. The fourth-order valence-electron chi connectivity index (χ4n) is 1.72. The third-order valence-corrected chi connectivity index (χ3v) is 4.82. The van der Waals surface area contributed by atoms with Crippen LogP contribution in [0.25, 0.3) is 0 Å². The van der Waals surface area contributed by atoms with Crippen molar-refractivity contribution in [1.82, 2.24) is 4.72 Å². The first-order chi connectivity index (χ1) is 10.3. The molecular weight excluding hydrogens is 397 g/mol. The van der Waals surface area contributed by atoms with Gasteiger partial charge in [-0.25, -0.2) is 17.5 Å². The Morgan fingerprint density at radius 1 is 1.23 bits per heavy atom. The minimum absolute atomic E-state index is 0.0991. The highest BCUT2D eigenvalue weighted by Gasteiger charge is 2.19. The van der Waals surface area contributed by atoms with Gasteiger partial charge in [0.15, 0.2) is 0 Å². The molecule has 0 aliphatic heterocycles. The van der Waals surface area contributed by atoms with Crippen LogP contribution in [0.4, 0.5) is 4.39 Å². The normalized spacial score (nSPS) is 11.2. The third kappa shape index (κ3) is 4.28. The number of hydrogen-bond donors (Lipinski definition) is 1. The van der Waals surface area contributed by atoms with Gasteiger partial charge in [-0.15, -0.1) is 0 Å². The molecule has 2 aromatic carbocycles. The smallest absolute Gasteiger partial charge is 0.264 e. The summed E-state index contributed by atoms with van der Waals surface area (Å²) in [6, 6.07) is 9.67. The van der Waals surface area contributed by atoms with E-state index < -0.39 is 21.7 Å². The summed E-state index contributed by atoms with van der Waals surface area (Å²) in [5, 5.41) is 0.231. The summed E-state index contributed by atoms with van der Waals surface area (Å²) in [5.41, 5.74) is 0.0991. The van der Waals surface area contributed by atoms with Crippen LogP contribution >= 0.6 is 27.5 Å². The van der Waals surface area contributed by atoms with Crippen molar-refractivity contribution in [3.05, 3.63) is 63.3 Å². The maximum absolute atomic E-state index is 13.6. The number of benzene rings is 2. The van der Waals surface area contributed by atoms with Gasteiger partial charge in [0.25, 0.3) is 10.0 Å². The van der Waals surface area contributed by atoms with Crippen molar-refractivity contribution in [3.8, 4) is 0 Å². The summed E-state index contributed by atoms with van der Waals surface area (Å²) in [7, 11) is -4.04. The van der Waals surface area contributed by atoms with Gasteiger partial charge in [0.2, 0.25) is 5.91 Å². The first kappa shape index (κ1) is 16.9. The van der Waals surface area contributed by atoms with Gasteiger partial charge in [0.05, 0.1) is 11.3 Å². The van der Waals surface area contributed by atoms with Crippen molar-refractivity contribution in [2.75, 3.05) is 0 Å². The number of nitrogens with one attached hydrogen (secondary N) is 1. The molecule has 2 rings (SSSR count). The van der Waals surface area contributed by atoms with Crippen molar-refractivity contribution in [2.45, 2.75) is 11.3 Å². The fraction of sp³-hybridized carbons (Fsp3) is 0.0714. The Kier molecular flexibility index (Phi) is 5.20. The van der Waals surface area contributed by atoms with E-state index in [1.807, 2.05) is 4.72 Å². The van der Waals surface area contributed by atoms with E-state index in [1.54, 1.807) is 6.07 Å². The molecule has 0 spiro atoms. The zero-order chi connectivity index (χ0) is 16.3. The van der Waals surface area contributed by atoms with Crippen LogP contribution in [0, 0.1) is 5.82 Å². The van der Waals surface area contributed by atoms with E-state index in [-0.39, 0.29) is 21.9 Å². The second kappa shape index (κ2) is 6.76. The van der Waals surface area contributed by atoms with E-state index in [0.29, 0.717) is 4.47 Å². The van der Waals surface area contributed by atoms with Gasteiger partial charge in [-0.2, -0.15) is 0 Å². The van der Waals surface area contributed by atoms with Crippen molar-refractivity contribution in [1.29, 1.82) is 0 Å². The highest BCUT2D eigenvalue weighted by atomic mass is 79.9. The van der Waals surface area contributed by atoms with Gasteiger partial charge in [0.1, 0.15) is 5.82 Å². The van der Waals surface area contributed by atoms with E-state index >= 15 is 0 Å². The Morgan fingerprint density at radius 2 is 1.95 bits per heavy atom. The second-order valence-corrected chi connectivity index (χ2v) is 7.43. The summed E-state index contributed by atoms with van der Waals surface area (Å²) in [4.78, 5) is 11.7. The zero-order valence-corrected chi connectivity index (χ0v) is 14.2. The Balaban J connectivity index is 2.14. The van der Waals surface area contributed by atoms with Crippen molar-refractivity contribution < 1.29 is 17.6 Å². The molecule has 0 fully saturated rings. The topological polar surface area (TPSA) is 63.2 Å². The minimum atomic E-state index is -4.04. The molecule has 2 aromatic rings. The molecule has 1 N–H and O–H groups in total. The molecule has 0 saturated heterocycles. The highest BCUT2D eigenvalue weighted by Crippen LogP contribution is 2.17. The molecule has 0 saturated carbocycles. The zero-order valence-electron chi connectivity index (χ0n) is 11.0. The van der Waals surface area contributed by atoms with Crippen molar-refractivity contribution >= 4 is 43.5 Å². The van der Waals surface area contributed by atoms with Crippen LogP contribution in [-0.4, -0.2) is 14.3 Å². The van der Waals surface area contributed by atoms with Crippen LogP contribution in [0.2, 0.25) is 5.02 Å². The summed E-state index contributed by atoms with van der Waals surface area (Å²) >= 11 is 8.82. The molecule has 0 aliphatic rings. The number of sulfonamides is 1. The SMILES string of the molecule is O=C(Cc1ccc(Br)cc1F)NS(=O)(=O)c1cccc(Cl)c1. The molecular formula is C14H10BrClFNO3S. The Hall–Kier alpha value is -1.44. The second-order valence-electron chi connectivity index (χ2n) is 4.40. The van der Waals surface area contributed by atoms with E-state index in [4.69, 9.17) is 11.6 Å². The minimum Gasteiger partial charge on any atom is -0.274 e.